The van der Waals surface area contributed by atoms with E-state index in [1.165, 1.54) is 0 Å². The van der Waals surface area contributed by atoms with E-state index in [0.29, 0.717) is 10.6 Å². The van der Waals surface area contributed by atoms with Crippen molar-refractivity contribution in [3.05, 3.63) is 57.3 Å². The molecule has 0 unspecified atom stereocenters. The summed E-state index contributed by atoms with van der Waals surface area (Å²) in [5, 5.41) is 9.62. The molecule has 0 atom stereocenters. The highest BCUT2D eigenvalue weighted by Gasteiger charge is 2.19. The van der Waals surface area contributed by atoms with E-state index in [1.807, 2.05) is 30.3 Å². The van der Waals surface area contributed by atoms with Gasteiger partial charge in [-0.15, -0.1) is 0 Å². The van der Waals surface area contributed by atoms with Gasteiger partial charge in [-0.25, -0.2) is 0 Å². The van der Waals surface area contributed by atoms with Gasteiger partial charge in [-0.1, -0.05) is 11.6 Å². The van der Waals surface area contributed by atoms with Gasteiger partial charge in [0.05, 0.1) is 28.0 Å². The molecule has 118 valence electrons. The molecule has 0 spiro atoms. The van der Waals surface area contributed by atoms with Crippen molar-refractivity contribution < 1.29 is 0 Å². The normalized spacial score (nSPS) is 15.4. The number of pyridine rings is 1. The maximum atomic E-state index is 8.95. The van der Waals surface area contributed by atoms with Gasteiger partial charge in [-0.2, -0.15) is 5.26 Å². The van der Waals surface area contributed by atoms with Crippen molar-refractivity contribution in [2.45, 2.75) is 6.54 Å². The number of hydrogen-bond acceptors (Lipinski definition) is 4. The Labute approximate surface area is 149 Å². The topological polar surface area (TPSA) is 43.2 Å². The molecular weight excluding hydrogens is 376 g/mol. The number of rotatable bonds is 3. The Morgan fingerprint density at radius 2 is 1.96 bits per heavy atom. The van der Waals surface area contributed by atoms with Gasteiger partial charge >= 0.3 is 0 Å². The molecule has 2 aromatic rings. The summed E-state index contributed by atoms with van der Waals surface area (Å²) in [6, 6.07) is 11.8. The number of hydrogen-bond donors (Lipinski definition) is 0. The first-order chi connectivity index (χ1) is 11.2. The van der Waals surface area contributed by atoms with Crippen LogP contribution in [0, 0.1) is 11.3 Å². The number of aromatic nitrogens is 1. The van der Waals surface area contributed by atoms with Gasteiger partial charge in [0.2, 0.25) is 0 Å². The smallest absolute Gasteiger partial charge is 0.0992 e. The molecule has 0 saturated carbocycles. The van der Waals surface area contributed by atoms with E-state index in [0.717, 1.165) is 48.6 Å². The highest BCUT2D eigenvalue weighted by atomic mass is 79.9. The molecule has 0 N–H and O–H groups in total. The van der Waals surface area contributed by atoms with E-state index in [2.05, 4.69) is 36.8 Å². The van der Waals surface area contributed by atoms with Crippen molar-refractivity contribution in [3.63, 3.8) is 0 Å². The Bertz CT molecular complexity index is 718. The average Bonchev–Trinajstić information content (AvgIpc) is 2.58. The van der Waals surface area contributed by atoms with E-state index in [1.54, 1.807) is 6.20 Å². The Morgan fingerprint density at radius 3 is 2.57 bits per heavy atom. The summed E-state index contributed by atoms with van der Waals surface area (Å²) >= 11 is 9.44. The lowest BCUT2D eigenvalue weighted by atomic mass is 10.2. The van der Waals surface area contributed by atoms with Gasteiger partial charge in [0.15, 0.2) is 0 Å². The van der Waals surface area contributed by atoms with E-state index >= 15 is 0 Å². The van der Waals surface area contributed by atoms with Crippen LogP contribution in [0.3, 0.4) is 0 Å². The van der Waals surface area contributed by atoms with E-state index in [4.69, 9.17) is 16.9 Å². The highest BCUT2D eigenvalue weighted by Crippen LogP contribution is 2.28. The van der Waals surface area contributed by atoms with Crippen LogP contribution in [0.25, 0.3) is 0 Å². The monoisotopic (exact) mass is 390 g/mol. The van der Waals surface area contributed by atoms with Gasteiger partial charge < -0.3 is 4.90 Å². The van der Waals surface area contributed by atoms with Crippen molar-refractivity contribution in [3.8, 4) is 6.07 Å². The zero-order valence-electron chi connectivity index (χ0n) is 12.5. The molecule has 0 aliphatic carbocycles. The van der Waals surface area contributed by atoms with Gasteiger partial charge in [-0.3, -0.25) is 9.88 Å². The molecular formula is C17H16BrClN4. The van der Waals surface area contributed by atoms with Gasteiger partial charge in [0, 0.05) is 43.4 Å². The molecule has 6 heteroatoms. The maximum Gasteiger partial charge on any atom is 0.0992 e. The van der Waals surface area contributed by atoms with Crippen LogP contribution < -0.4 is 4.90 Å². The minimum absolute atomic E-state index is 0.671. The summed E-state index contributed by atoms with van der Waals surface area (Å²) in [6.45, 7) is 4.73. The zero-order chi connectivity index (χ0) is 16.2. The lowest BCUT2D eigenvalue weighted by molar-refractivity contribution is 0.247. The van der Waals surface area contributed by atoms with Crippen LogP contribution in [-0.4, -0.2) is 36.1 Å². The molecule has 2 heterocycles. The maximum absolute atomic E-state index is 8.95. The van der Waals surface area contributed by atoms with Crippen molar-refractivity contribution >= 4 is 33.2 Å². The van der Waals surface area contributed by atoms with Crippen LogP contribution in [0.4, 0.5) is 5.69 Å². The number of benzene rings is 1. The molecule has 1 saturated heterocycles. The predicted molar refractivity (Wildman–Crippen MR) is 95.6 cm³/mol. The second-order valence-corrected chi connectivity index (χ2v) is 6.80. The van der Waals surface area contributed by atoms with Gasteiger partial charge in [0.1, 0.15) is 0 Å². The van der Waals surface area contributed by atoms with Crippen molar-refractivity contribution in [1.82, 2.24) is 9.88 Å². The molecule has 3 rings (SSSR count). The predicted octanol–water partition coefficient (Wildman–Crippen LogP) is 3.69. The minimum atomic E-state index is 0.671. The minimum Gasteiger partial charge on any atom is -0.368 e. The Balaban J connectivity index is 1.60. The molecule has 0 radical (unpaired) electrons. The SMILES string of the molecule is N#Cc1ccc(N2CCN(Cc3ccc(Cl)cn3)CC2)c(Br)c1. The lowest BCUT2D eigenvalue weighted by Gasteiger charge is -2.36. The largest absolute Gasteiger partial charge is 0.368 e. The standard InChI is InChI=1S/C17H16BrClN4/c18-16-9-13(10-20)1-4-17(16)23-7-5-22(6-8-23)12-15-3-2-14(19)11-21-15/h1-4,9,11H,5-8,12H2. The third kappa shape index (κ3) is 4.03. The van der Waals surface area contributed by atoms with Crippen LogP contribution >= 0.6 is 27.5 Å². The summed E-state index contributed by atoms with van der Waals surface area (Å²) < 4.78 is 0.976. The number of piperazine rings is 1. The molecule has 4 nitrogen and oxygen atoms in total. The molecule has 1 aliphatic heterocycles. The number of nitriles is 1. The van der Waals surface area contributed by atoms with Crippen molar-refractivity contribution in [2.24, 2.45) is 0 Å². The highest BCUT2D eigenvalue weighted by molar-refractivity contribution is 9.10. The molecule has 1 aromatic heterocycles. The van der Waals surface area contributed by atoms with Crippen LogP contribution in [-0.2, 0) is 6.54 Å². The third-order valence-electron chi connectivity index (χ3n) is 3.96. The fourth-order valence-corrected chi connectivity index (χ4v) is 3.45. The Hall–Kier alpha value is -1.61. The number of nitrogens with zero attached hydrogens (tertiary/aromatic N) is 4. The van der Waals surface area contributed by atoms with Crippen LogP contribution in [0.15, 0.2) is 41.0 Å². The molecule has 0 amide bonds. The quantitative estimate of drug-likeness (QED) is 0.800. The second-order valence-electron chi connectivity index (χ2n) is 5.51. The molecule has 1 fully saturated rings. The summed E-state index contributed by atoms with van der Waals surface area (Å²) in [6.07, 6.45) is 1.70. The zero-order valence-corrected chi connectivity index (χ0v) is 14.9. The van der Waals surface area contributed by atoms with Crippen molar-refractivity contribution in [2.75, 3.05) is 31.1 Å². The average molecular weight is 392 g/mol. The summed E-state index contributed by atoms with van der Waals surface area (Å²) in [5.41, 5.74) is 2.86. The van der Waals surface area contributed by atoms with E-state index in [-0.39, 0.29) is 0 Å². The fraction of sp³-hybridized carbons (Fsp3) is 0.294. The Kier molecular flexibility index (Phi) is 5.16. The van der Waals surface area contributed by atoms with Gasteiger partial charge in [-0.05, 0) is 46.3 Å². The number of anilines is 1. The fourth-order valence-electron chi connectivity index (χ4n) is 2.71. The van der Waals surface area contributed by atoms with Crippen LogP contribution in [0.1, 0.15) is 11.3 Å². The van der Waals surface area contributed by atoms with E-state index in [9.17, 15) is 0 Å². The third-order valence-corrected chi connectivity index (χ3v) is 4.82. The first-order valence-corrected chi connectivity index (χ1v) is 8.60. The Morgan fingerprint density at radius 1 is 1.17 bits per heavy atom. The first kappa shape index (κ1) is 16.3. The van der Waals surface area contributed by atoms with Crippen LogP contribution in [0.5, 0.6) is 0 Å². The summed E-state index contributed by atoms with van der Waals surface area (Å²) in [7, 11) is 0. The van der Waals surface area contributed by atoms with Gasteiger partial charge in [0.25, 0.3) is 0 Å². The first-order valence-electron chi connectivity index (χ1n) is 7.43. The molecule has 23 heavy (non-hydrogen) atoms. The summed E-state index contributed by atoms with van der Waals surface area (Å²) in [5.74, 6) is 0. The molecule has 1 aliphatic rings. The van der Waals surface area contributed by atoms with E-state index < -0.39 is 0 Å². The molecule has 0 bridgehead atoms. The summed E-state index contributed by atoms with van der Waals surface area (Å²) in [4.78, 5) is 9.09. The lowest BCUT2D eigenvalue weighted by Crippen LogP contribution is -2.46. The number of halogens is 2. The van der Waals surface area contributed by atoms with Crippen LogP contribution in [0.2, 0.25) is 5.02 Å². The molecule has 1 aromatic carbocycles. The second kappa shape index (κ2) is 7.31. The van der Waals surface area contributed by atoms with Crippen molar-refractivity contribution in [1.29, 1.82) is 5.26 Å².